The fraction of sp³-hybridized carbons (Fsp3) is 0.435. The normalized spacial score (nSPS) is 23.0. The minimum atomic E-state index is -4.77. The van der Waals surface area contributed by atoms with Crippen LogP contribution in [0.5, 0.6) is 11.6 Å². The molecular formula is C23H22F4N2O4. The number of alkyl halides is 3. The summed E-state index contributed by atoms with van der Waals surface area (Å²) in [6.07, 6.45) is -1.52. The molecule has 0 radical (unpaired) electrons. The van der Waals surface area contributed by atoms with Crippen molar-refractivity contribution in [2.75, 3.05) is 4.90 Å². The third-order valence-corrected chi connectivity index (χ3v) is 6.06. The molecule has 1 unspecified atom stereocenters. The first-order valence-corrected chi connectivity index (χ1v) is 10.6. The highest BCUT2D eigenvalue weighted by Crippen LogP contribution is 2.41. The Kier molecular flexibility index (Phi) is 6.02. The van der Waals surface area contributed by atoms with Crippen molar-refractivity contribution < 1.29 is 36.6 Å². The van der Waals surface area contributed by atoms with Crippen LogP contribution in [-0.2, 0) is 15.7 Å². The van der Waals surface area contributed by atoms with Gasteiger partial charge in [0.2, 0.25) is 11.8 Å². The number of ether oxygens (including phenoxy) is 2. The lowest BCUT2D eigenvalue weighted by molar-refractivity contribution is -0.139. The third kappa shape index (κ3) is 4.51. The van der Waals surface area contributed by atoms with Gasteiger partial charge in [-0.3, -0.25) is 9.69 Å². The van der Waals surface area contributed by atoms with Crippen LogP contribution < -0.4 is 9.64 Å². The van der Waals surface area contributed by atoms with E-state index in [4.69, 9.17) is 9.47 Å². The van der Waals surface area contributed by atoms with Gasteiger partial charge in [-0.15, -0.1) is 0 Å². The van der Waals surface area contributed by atoms with Crippen LogP contribution in [0, 0.1) is 17.7 Å². The maximum Gasteiger partial charge on any atom is 0.421 e. The highest BCUT2D eigenvalue weighted by atomic mass is 19.4. The van der Waals surface area contributed by atoms with E-state index in [9.17, 15) is 27.2 Å². The Labute approximate surface area is 187 Å². The maximum atomic E-state index is 15.0. The number of halogens is 4. The van der Waals surface area contributed by atoms with E-state index in [1.165, 1.54) is 11.8 Å². The van der Waals surface area contributed by atoms with Gasteiger partial charge in [-0.1, -0.05) is 6.92 Å². The van der Waals surface area contributed by atoms with Gasteiger partial charge in [0.1, 0.15) is 5.56 Å². The standard InChI is InChI=1S/C23H22F4N2O4/c1-12-5-7-14(8-6-12)21(30)29-13(2)32-22(31)15-10-19(17(24)11-18(15)29)33-20-16(23(25,26)27)4-3-9-28-20/h3-4,9-14H,5-8H2,1-2H3/t12-,13?,14-. The second kappa shape index (κ2) is 8.64. The Hall–Kier alpha value is -3.17. The highest BCUT2D eigenvalue weighted by molar-refractivity contribution is 6.06. The Balaban J connectivity index is 1.69. The predicted molar refractivity (Wildman–Crippen MR) is 109 cm³/mol. The summed E-state index contributed by atoms with van der Waals surface area (Å²) in [5.41, 5.74) is -1.36. The number of carbonyl (C=O) groups excluding carboxylic acids is 2. The van der Waals surface area contributed by atoms with E-state index in [2.05, 4.69) is 11.9 Å². The minimum absolute atomic E-state index is 0.00397. The van der Waals surface area contributed by atoms with E-state index < -0.39 is 41.4 Å². The summed E-state index contributed by atoms with van der Waals surface area (Å²) >= 11 is 0. The monoisotopic (exact) mass is 466 g/mol. The van der Waals surface area contributed by atoms with Crippen molar-refractivity contribution in [3.05, 3.63) is 47.4 Å². The molecule has 2 heterocycles. The van der Waals surface area contributed by atoms with Crippen molar-refractivity contribution in [2.45, 2.75) is 51.9 Å². The number of fused-ring (bicyclic) bond motifs is 1. The number of hydrogen-bond donors (Lipinski definition) is 0. The molecule has 10 heteroatoms. The molecule has 4 rings (SSSR count). The van der Waals surface area contributed by atoms with Crippen LogP contribution in [0.3, 0.4) is 0 Å². The van der Waals surface area contributed by atoms with Gasteiger partial charge in [-0.05, 0) is 50.7 Å². The van der Waals surface area contributed by atoms with E-state index in [0.29, 0.717) is 18.8 Å². The van der Waals surface area contributed by atoms with Crippen LogP contribution in [0.2, 0.25) is 0 Å². The lowest BCUT2D eigenvalue weighted by Crippen LogP contribution is -2.48. The fourth-order valence-corrected chi connectivity index (χ4v) is 4.24. The summed E-state index contributed by atoms with van der Waals surface area (Å²) in [6, 6.07) is 3.69. The smallest absolute Gasteiger partial charge is 0.421 e. The van der Waals surface area contributed by atoms with Crippen molar-refractivity contribution in [3.8, 4) is 11.6 Å². The number of hydrogen-bond acceptors (Lipinski definition) is 5. The fourth-order valence-electron chi connectivity index (χ4n) is 4.24. The van der Waals surface area contributed by atoms with Crippen LogP contribution in [0.25, 0.3) is 0 Å². The van der Waals surface area contributed by atoms with Crippen LogP contribution in [0.1, 0.15) is 55.5 Å². The van der Waals surface area contributed by atoms with Gasteiger partial charge in [-0.25, -0.2) is 14.2 Å². The van der Waals surface area contributed by atoms with E-state index >= 15 is 0 Å². The van der Waals surface area contributed by atoms with Gasteiger partial charge in [0.15, 0.2) is 17.8 Å². The Morgan fingerprint density at radius 1 is 1.18 bits per heavy atom. The molecule has 0 N–H and O–H groups in total. The number of carbonyl (C=O) groups is 2. The molecule has 1 aliphatic heterocycles. The summed E-state index contributed by atoms with van der Waals surface area (Å²) in [6.45, 7) is 3.62. The molecule has 33 heavy (non-hydrogen) atoms. The predicted octanol–water partition coefficient (Wildman–Crippen LogP) is 5.71. The molecule has 2 aromatic rings. The van der Waals surface area contributed by atoms with Crippen molar-refractivity contribution in [2.24, 2.45) is 11.8 Å². The van der Waals surface area contributed by atoms with Gasteiger partial charge in [0.05, 0.1) is 11.3 Å². The molecule has 2 aliphatic rings. The van der Waals surface area contributed by atoms with Crippen molar-refractivity contribution >= 4 is 17.6 Å². The number of nitrogens with zero attached hydrogens (tertiary/aromatic N) is 2. The molecule has 1 saturated carbocycles. The molecule has 1 aromatic carbocycles. The molecule has 0 bridgehead atoms. The summed E-state index contributed by atoms with van der Waals surface area (Å²) in [5, 5.41) is 0. The molecule has 1 fully saturated rings. The summed E-state index contributed by atoms with van der Waals surface area (Å²) in [5.74, 6) is -3.40. The SMILES string of the molecule is CC1OC(=O)c2cc(Oc3ncccc3C(F)(F)F)c(F)cc2N1C(=O)[C@H]1CC[C@H](C)CC1. The maximum absolute atomic E-state index is 15.0. The average Bonchev–Trinajstić information content (AvgIpc) is 2.75. The molecule has 1 aliphatic carbocycles. The highest BCUT2D eigenvalue weighted by Gasteiger charge is 2.40. The molecule has 1 atom stereocenters. The van der Waals surface area contributed by atoms with Crippen LogP contribution in [0.15, 0.2) is 30.5 Å². The Bertz CT molecular complexity index is 1080. The number of aromatic nitrogens is 1. The number of esters is 1. The van der Waals surface area contributed by atoms with E-state index in [1.54, 1.807) is 0 Å². The number of anilines is 1. The quantitative estimate of drug-likeness (QED) is 0.428. The number of rotatable bonds is 3. The first-order valence-electron chi connectivity index (χ1n) is 10.6. The van der Waals surface area contributed by atoms with Gasteiger partial charge >= 0.3 is 12.1 Å². The lowest BCUT2D eigenvalue weighted by atomic mass is 9.82. The first kappa shape index (κ1) is 23.0. The Morgan fingerprint density at radius 2 is 1.88 bits per heavy atom. The van der Waals surface area contributed by atoms with Gasteiger partial charge in [0, 0.05) is 24.2 Å². The van der Waals surface area contributed by atoms with Crippen LogP contribution in [-0.4, -0.2) is 23.1 Å². The number of benzene rings is 1. The minimum Gasteiger partial charge on any atom is -0.438 e. The van der Waals surface area contributed by atoms with E-state index in [0.717, 1.165) is 43.3 Å². The second-order valence-electron chi connectivity index (χ2n) is 8.43. The summed E-state index contributed by atoms with van der Waals surface area (Å²) < 4.78 is 65.1. The Morgan fingerprint density at radius 3 is 2.55 bits per heavy atom. The zero-order valence-electron chi connectivity index (χ0n) is 18.0. The molecule has 1 amide bonds. The van der Waals surface area contributed by atoms with Crippen molar-refractivity contribution in [1.29, 1.82) is 0 Å². The van der Waals surface area contributed by atoms with Gasteiger partial charge < -0.3 is 9.47 Å². The summed E-state index contributed by atoms with van der Waals surface area (Å²) in [7, 11) is 0. The van der Waals surface area contributed by atoms with Crippen molar-refractivity contribution in [1.82, 2.24) is 4.98 Å². The zero-order valence-corrected chi connectivity index (χ0v) is 18.0. The first-order chi connectivity index (χ1) is 15.6. The molecule has 0 saturated heterocycles. The van der Waals surface area contributed by atoms with Gasteiger partial charge in [0.25, 0.3) is 0 Å². The van der Waals surface area contributed by atoms with Crippen LogP contribution >= 0.6 is 0 Å². The molecule has 6 nitrogen and oxygen atoms in total. The molecule has 176 valence electrons. The number of cyclic esters (lactones) is 1. The number of pyridine rings is 1. The number of amides is 1. The lowest BCUT2D eigenvalue weighted by Gasteiger charge is -2.37. The zero-order chi connectivity index (χ0) is 23.9. The molecular weight excluding hydrogens is 444 g/mol. The van der Waals surface area contributed by atoms with E-state index in [-0.39, 0.29) is 23.1 Å². The molecule has 1 aromatic heterocycles. The average molecular weight is 466 g/mol. The van der Waals surface area contributed by atoms with Gasteiger partial charge in [-0.2, -0.15) is 13.2 Å². The van der Waals surface area contributed by atoms with E-state index in [1.807, 2.05) is 0 Å². The van der Waals surface area contributed by atoms with Crippen molar-refractivity contribution in [3.63, 3.8) is 0 Å². The largest absolute Gasteiger partial charge is 0.438 e. The second-order valence-corrected chi connectivity index (χ2v) is 8.43. The van der Waals surface area contributed by atoms with Crippen LogP contribution in [0.4, 0.5) is 23.2 Å². The third-order valence-electron chi connectivity index (χ3n) is 6.06. The topological polar surface area (TPSA) is 68.7 Å². The summed E-state index contributed by atoms with van der Waals surface area (Å²) in [4.78, 5) is 30.5. The molecule has 0 spiro atoms.